The highest BCUT2D eigenvalue weighted by molar-refractivity contribution is 5.67. The number of methoxy groups -OCH3 is 1. The van der Waals surface area contributed by atoms with Crippen LogP contribution in [0, 0.1) is 0 Å². The van der Waals surface area contributed by atoms with Crippen LogP contribution in [0.1, 0.15) is 37.9 Å². The smallest absolute Gasteiger partial charge is 0.242 e. The number of nitrogens with zero attached hydrogens (tertiary/aromatic N) is 2. The minimum atomic E-state index is 0.465. The molecule has 2 rings (SSSR count). The Balaban J connectivity index is 2.16. The molecule has 106 valence electrons. The Labute approximate surface area is 113 Å². The first-order valence-corrected chi connectivity index (χ1v) is 6.79. The first-order chi connectivity index (χ1) is 9.26. The summed E-state index contributed by atoms with van der Waals surface area (Å²) in [4.78, 5) is 8.92. The summed E-state index contributed by atoms with van der Waals surface area (Å²) >= 11 is 0. The fourth-order valence-corrected chi connectivity index (χ4v) is 1.70. The second-order valence-electron chi connectivity index (χ2n) is 4.69. The quantitative estimate of drug-likeness (QED) is 0.698. The van der Waals surface area contributed by atoms with Crippen molar-refractivity contribution in [1.29, 1.82) is 0 Å². The highest BCUT2D eigenvalue weighted by Crippen LogP contribution is 2.40. The van der Waals surface area contributed by atoms with Crippen LogP contribution in [-0.2, 0) is 4.74 Å². The third-order valence-electron chi connectivity index (χ3n) is 2.91. The van der Waals surface area contributed by atoms with Crippen LogP contribution in [0.2, 0.25) is 0 Å². The molecule has 0 atom stereocenters. The lowest BCUT2D eigenvalue weighted by molar-refractivity contribution is 0.210. The van der Waals surface area contributed by atoms with Gasteiger partial charge in [0.1, 0.15) is 11.5 Å². The molecule has 1 heterocycles. The summed E-state index contributed by atoms with van der Waals surface area (Å²) < 4.78 is 10.6. The third kappa shape index (κ3) is 3.70. The van der Waals surface area contributed by atoms with Gasteiger partial charge >= 0.3 is 0 Å². The number of ether oxygens (including phenoxy) is 2. The molecular weight excluding hydrogens is 244 g/mol. The molecule has 1 aliphatic rings. The van der Waals surface area contributed by atoms with E-state index in [9.17, 15) is 0 Å². The molecule has 3 N–H and O–H groups in total. The van der Waals surface area contributed by atoms with E-state index in [4.69, 9.17) is 15.2 Å². The highest BCUT2D eigenvalue weighted by atomic mass is 16.5. The lowest BCUT2D eigenvalue weighted by Crippen LogP contribution is -2.14. The molecule has 0 saturated heterocycles. The van der Waals surface area contributed by atoms with Gasteiger partial charge in [-0.3, -0.25) is 0 Å². The van der Waals surface area contributed by atoms with E-state index in [1.165, 1.54) is 0 Å². The Morgan fingerprint density at radius 1 is 1.32 bits per heavy atom. The second-order valence-corrected chi connectivity index (χ2v) is 4.69. The third-order valence-corrected chi connectivity index (χ3v) is 2.91. The molecule has 0 unspecified atom stereocenters. The first kappa shape index (κ1) is 13.9. The molecule has 0 radical (unpaired) electrons. The number of nitrogens with one attached hydrogen (secondary N) is 1. The molecular formula is C13H22N4O2. The summed E-state index contributed by atoms with van der Waals surface area (Å²) in [5, 5.41) is 3.17. The number of rotatable bonds is 8. The van der Waals surface area contributed by atoms with Gasteiger partial charge in [0, 0.05) is 19.6 Å². The molecule has 0 amide bonds. The molecule has 6 heteroatoms. The Morgan fingerprint density at radius 3 is 2.74 bits per heavy atom. The van der Waals surface area contributed by atoms with Crippen molar-refractivity contribution in [3.63, 3.8) is 0 Å². The van der Waals surface area contributed by atoms with Crippen LogP contribution in [0.15, 0.2) is 0 Å². The fraction of sp³-hybridized carbons (Fsp3) is 0.692. The van der Waals surface area contributed by atoms with Crippen LogP contribution in [-0.4, -0.2) is 36.8 Å². The summed E-state index contributed by atoms with van der Waals surface area (Å²) in [5.41, 5.74) is 6.52. The number of aromatic nitrogens is 2. The van der Waals surface area contributed by atoms with Crippen molar-refractivity contribution in [2.24, 2.45) is 0 Å². The first-order valence-electron chi connectivity index (χ1n) is 6.79. The topological polar surface area (TPSA) is 82.3 Å². The van der Waals surface area contributed by atoms with Gasteiger partial charge in [-0.15, -0.1) is 0 Å². The predicted molar refractivity (Wildman–Crippen MR) is 74.6 cm³/mol. The summed E-state index contributed by atoms with van der Waals surface area (Å²) in [5.74, 6) is 2.45. The summed E-state index contributed by atoms with van der Waals surface area (Å²) in [6.45, 7) is 3.93. The van der Waals surface area contributed by atoms with Gasteiger partial charge < -0.3 is 20.5 Å². The van der Waals surface area contributed by atoms with Crippen molar-refractivity contribution >= 4 is 11.5 Å². The fourth-order valence-electron chi connectivity index (χ4n) is 1.70. The zero-order valence-corrected chi connectivity index (χ0v) is 11.6. The summed E-state index contributed by atoms with van der Waals surface area (Å²) in [6, 6.07) is 0. The Morgan fingerprint density at radius 2 is 2.11 bits per heavy atom. The predicted octanol–water partition coefficient (Wildman–Crippen LogP) is 1.78. The van der Waals surface area contributed by atoms with Crippen LogP contribution < -0.4 is 15.8 Å². The zero-order valence-electron chi connectivity index (χ0n) is 11.6. The molecule has 1 aromatic heterocycles. The van der Waals surface area contributed by atoms with Crippen molar-refractivity contribution in [1.82, 2.24) is 9.97 Å². The molecule has 0 spiro atoms. The number of hydrogen-bond donors (Lipinski definition) is 2. The SMILES string of the molecule is CCCOc1nc(C2CC2)nc(NCCOC)c1N. The minimum absolute atomic E-state index is 0.465. The molecule has 1 aromatic rings. The van der Waals surface area contributed by atoms with Crippen LogP contribution >= 0.6 is 0 Å². The van der Waals surface area contributed by atoms with E-state index in [-0.39, 0.29) is 0 Å². The van der Waals surface area contributed by atoms with E-state index in [2.05, 4.69) is 22.2 Å². The molecule has 1 saturated carbocycles. The lowest BCUT2D eigenvalue weighted by Gasteiger charge is -2.13. The Hall–Kier alpha value is -1.56. The van der Waals surface area contributed by atoms with E-state index in [0.717, 1.165) is 25.1 Å². The van der Waals surface area contributed by atoms with Gasteiger partial charge in [-0.2, -0.15) is 4.98 Å². The molecule has 19 heavy (non-hydrogen) atoms. The average Bonchev–Trinajstić information content (AvgIpc) is 3.24. The van der Waals surface area contributed by atoms with Gasteiger partial charge in [-0.25, -0.2) is 4.98 Å². The van der Waals surface area contributed by atoms with Crippen molar-refractivity contribution in [3.05, 3.63) is 5.82 Å². The Bertz CT molecular complexity index is 421. The molecule has 0 aliphatic heterocycles. The van der Waals surface area contributed by atoms with Crippen molar-refractivity contribution in [2.75, 3.05) is 37.9 Å². The van der Waals surface area contributed by atoms with Crippen LogP contribution in [0.4, 0.5) is 11.5 Å². The van der Waals surface area contributed by atoms with Crippen molar-refractivity contribution < 1.29 is 9.47 Å². The van der Waals surface area contributed by atoms with Crippen LogP contribution in [0.3, 0.4) is 0 Å². The normalized spacial score (nSPS) is 14.4. The zero-order chi connectivity index (χ0) is 13.7. The molecule has 1 aliphatic carbocycles. The number of anilines is 2. The van der Waals surface area contributed by atoms with Gasteiger partial charge in [0.15, 0.2) is 5.82 Å². The van der Waals surface area contributed by atoms with E-state index in [1.807, 2.05) is 0 Å². The monoisotopic (exact) mass is 266 g/mol. The van der Waals surface area contributed by atoms with E-state index in [0.29, 0.717) is 43.1 Å². The maximum atomic E-state index is 6.04. The van der Waals surface area contributed by atoms with E-state index >= 15 is 0 Å². The van der Waals surface area contributed by atoms with E-state index in [1.54, 1.807) is 7.11 Å². The Kier molecular flexibility index (Phi) is 4.79. The van der Waals surface area contributed by atoms with Crippen LogP contribution in [0.5, 0.6) is 5.88 Å². The molecule has 0 bridgehead atoms. The van der Waals surface area contributed by atoms with Gasteiger partial charge in [0.2, 0.25) is 5.88 Å². The van der Waals surface area contributed by atoms with Crippen LogP contribution in [0.25, 0.3) is 0 Å². The maximum absolute atomic E-state index is 6.04. The lowest BCUT2D eigenvalue weighted by atomic mass is 10.3. The minimum Gasteiger partial charge on any atom is -0.476 e. The number of hydrogen-bond acceptors (Lipinski definition) is 6. The van der Waals surface area contributed by atoms with Crippen molar-refractivity contribution in [2.45, 2.75) is 32.1 Å². The highest BCUT2D eigenvalue weighted by Gasteiger charge is 2.28. The van der Waals surface area contributed by atoms with Crippen molar-refractivity contribution in [3.8, 4) is 5.88 Å². The van der Waals surface area contributed by atoms with Gasteiger partial charge in [0.25, 0.3) is 0 Å². The van der Waals surface area contributed by atoms with E-state index < -0.39 is 0 Å². The maximum Gasteiger partial charge on any atom is 0.242 e. The average molecular weight is 266 g/mol. The number of nitrogens with two attached hydrogens (primary N) is 1. The second kappa shape index (κ2) is 6.56. The molecule has 6 nitrogen and oxygen atoms in total. The van der Waals surface area contributed by atoms with Gasteiger partial charge in [-0.1, -0.05) is 6.92 Å². The summed E-state index contributed by atoms with van der Waals surface area (Å²) in [6.07, 6.45) is 3.22. The number of nitrogen functional groups attached to an aromatic ring is 1. The summed E-state index contributed by atoms with van der Waals surface area (Å²) in [7, 11) is 1.66. The largest absolute Gasteiger partial charge is 0.476 e. The molecule has 1 fully saturated rings. The molecule has 0 aromatic carbocycles. The standard InChI is InChI=1S/C13H22N4O2/c1-3-7-19-13-10(14)12(15-6-8-18-2)16-11(17-13)9-4-5-9/h9H,3-8,14H2,1-2H3,(H,15,16,17). The van der Waals surface area contributed by atoms with Gasteiger partial charge in [0.05, 0.1) is 13.2 Å². The van der Waals surface area contributed by atoms with Gasteiger partial charge in [-0.05, 0) is 19.3 Å².